The number of esters is 1. The minimum Gasteiger partial charge on any atom is -0.465 e. The summed E-state index contributed by atoms with van der Waals surface area (Å²) in [6.45, 7) is 3.87. The summed E-state index contributed by atoms with van der Waals surface area (Å²) in [5.74, 6) is 0.721. The molecule has 0 radical (unpaired) electrons. The van der Waals surface area contributed by atoms with Crippen LogP contribution in [0.1, 0.15) is 10.4 Å². The molecule has 5 nitrogen and oxygen atoms in total. The van der Waals surface area contributed by atoms with Gasteiger partial charge in [-0.05, 0) is 12.1 Å². The molecule has 1 aromatic carbocycles. The molecule has 0 atom stereocenters. The van der Waals surface area contributed by atoms with E-state index in [1.54, 1.807) is 30.0 Å². The zero-order valence-corrected chi connectivity index (χ0v) is 12.8. The fourth-order valence-corrected chi connectivity index (χ4v) is 3.41. The van der Waals surface area contributed by atoms with Crippen LogP contribution >= 0.6 is 11.8 Å². The van der Waals surface area contributed by atoms with Crippen LogP contribution < -0.4 is 4.72 Å². The topological polar surface area (TPSA) is 72.5 Å². The van der Waals surface area contributed by atoms with Gasteiger partial charge < -0.3 is 4.74 Å². The second kappa shape index (κ2) is 8.08. The number of sulfonamides is 1. The highest BCUT2D eigenvalue weighted by Gasteiger charge is 2.21. The Morgan fingerprint density at radius 3 is 2.80 bits per heavy atom. The summed E-state index contributed by atoms with van der Waals surface area (Å²) in [5.41, 5.74) is 0.0289. The number of benzene rings is 1. The molecule has 0 heterocycles. The molecule has 0 saturated carbocycles. The van der Waals surface area contributed by atoms with Crippen LogP contribution in [0, 0.1) is 0 Å². The summed E-state index contributed by atoms with van der Waals surface area (Å²) in [6.07, 6.45) is 1.76. The highest BCUT2D eigenvalue weighted by molar-refractivity contribution is 7.99. The summed E-state index contributed by atoms with van der Waals surface area (Å²) >= 11 is 1.57. The highest BCUT2D eigenvalue weighted by atomic mass is 32.2. The van der Waals surface area contributed by atoms with E-state index in [-0.39, 0.29) is 17.0 Å². The number of carbonyl (C=O) groups is 1. The molecule has 0 saturated heterocycles. The summed E-state index contributed by atoms with van der Waals surface area (Å²) in [7, 11) is -2.51. The average molecular weight is 315 g/mol. The fourth-order valence-electron chi connectivity index (χ4n) is 1.47. The van der Waals surface area contributed by atoms with Gasteiger partial charge in [0, 0.05) is 18.1 Å². The van der Waals surface area contributed by atoms with Crippen LogP contribution in [0.15, 0.2) is 41.8 Å². The summed E-state index contributed by atoms with van der Waals surface area (Å²) in [4.78, 5) is 11.5. The smallest absolute Gasteiger partial charge is 0.339 e. The van der Waals surface area contributed by atoms with Crippen molar-refractivity contribution in [1.29, 1.82) is 0 Å². The van der Waals surface area contributed by atoms with Crippen LogP contribution in [0.2, 0.25) is 0 Å². The zero-order valence-electron chi connectivity index (χ0n) is 11.2. The third-order valence-corrected chi connectivity index (χ3v) is 4.84. The first kappa shape index (κ1) is 16.7. The van der Waals surface area contributed by atoms with Gasteiger partial charge in [-0.1, -0.05) is 18.2 Å². The lowest BCUT2D eigenvalue weighted by Crippen LogP contribution is -2.27. The molecule has 0 aliphatic carbocycles. The number of hydrogen-bond donors (Lipinski definition) is 1. The molecule has 0 spiro atoms. The molecule has 7 heteroatoms. The van der Waals surface area contributed by atoms with Crippen molar-refractivity contribution in [3.63, 3.8) is 0 Å². The van der Waals surface area contributed by atoms with Gasteiger partial charge in [0.25, 0.3) is 0 Å². The normalized spacial score (nSPS) is 11.1. The molecule has 0 aromatic heterocycles. The predicted molar refractivity (Wildman–Crippen MR) is 80.5 cm³/mol. The van der Waals surface area contributed by atoms with Crippen LogP contribution in [0.3, 0.4) is 0 Å². The number of methoxy groups -OCH3 is 1. The van der Waals surface area contributed by atoms with Gasteiger partial charge >= 0.3 is 5.97 Å². The minimum atomic E-state index is -3.72. The second-order valence-electron chi connectivity index (χ2n) is 3.75. The Balaban J connectivity index is 2.82. The SMILES string of the molecule is C=CCSCCNS(=O)(=O)c1ccccc1C(=O)OC. The van der Waals surface area contributed by atoms with Crippen LogP contribution in [-0.4, -0.2) is 39.5 Å². The van der Waals surface area contributed by atoms with E-state index in [1.807, 2.05) is 0 Å². The Morgan fingerprint density at radius 2 is 2.15 bits per heavy atom. The maximum absolute atomic E-state index is 12.2. The summed E-state index contributed by atoms with van der Waals surface area (Å²) in [5, 5.41) is 0. The number of carbonyl (C=O) groups excluding carboxylic acids is 1. The first-order chi connectivity index (χ1) is 9.53. The van der Waals surface area contributed by atoms with Crippen LogP contribution in [-0.2, 0) is 14.8 Å². The van der Waals surface area contributed by atoms with E-state index in [0.717, 1.165) is 5.75 Å². The monoisotopic (exact) mass is 315 g/mol. The van der Waals surface area contributed by atoms with Crippen molar-refractivity contribution in [2.45, 2.75) is 4.90 Å². The van der Waals surface area contributed by atoms with Crippen LogP contribution in [0.5, 0.6) is 0 Å². The predicted octanol–water partition coefficient (Wildman–Crippen LogP) is 1.67. The van der Waals surface area contributed by atoms with E-state index in [0.29, 0.717) is 5.75 Å². The van der Waals surface area contributed by atoms with Crippen molar-refractivity contribution in [3.05, 3.63) is 42.5 Å². The quantitative estimate of drug-likeness (QED) is 0.449. The van der Waals surface area contributed by atoms with E-state index in [4.69, 9.17) is 0 Å². The maximum Gasteiger partial charge on any atom is 0.339 e. The molecule has 0 bridgehead atoms. The van der Waals surface area contributed by atoms with Gasteiger partial charge in [0.15, 0.2) is 0 Å². The molecule has 0 aliphatic heterocycles. The third-order valence-electron chi connectivity index (χ3n) is 2.36. The van der Waals surface area contributed by atoms with Crippen LogP contribution in [0.4, 0.5) is 0 Å². The Hall–Kier alpha value is -1.31. The van der Waals surface area contributed by atoms with Gasteiger partial charge in [-0.3, -0.25) is 0 Å². The van der Waals surface area contributed by atoms with E-state index in [2.05, 4.69) is 16.0 Å². The molecule has 1 rings (SSSR count). The number of nitrogens with one attached hydrogen (secondary N) is 1. The number of thioether (sulfide) groups is 1. The first-order valence-electron chi connectivity index (χ1n) is 5.88. The van der Waals surface area contributed by atoms with E-state index >= 15 is 0 Å². The molecule has 0 aliphatic rings. The second-order valence-corrected chi connectivity index (χ2v) is 6.63. The van der Waals surface area contributed by atoms with Gasteiger partial charge in [-0.15, -0.1) is 6.58 Å². The molecule has 110 valence electrons. The molecular formula is C13H17NO4S2. The largest absolute Gasteiger partial charge is 0.465 e. The number of ether oxygens (including phenoxy) is 1. The van der Waals surface area contributed by atoms with Crippen LogP contribution in [0.25, 0.3) is 0 Å². The molecular weight excluding hydrogens is 298 g/mol. The Bertz CT molecular complexity index is 569. The zero-order chi connectivity index (χ0) is 15.0. The Kier molecular flexibility index (Phi) is 6.77. The van der Waals surface area contributed by atoms with E-state index in [9.17, 15) is 13.2 Å². The maximum atomic E-state index is 12.2. The molecule has 1 aromatic rings. The van der Waals surface area contributed by atoms with Crippen molar-refractivity contribution in [2.24, 2.45) is 0 Å². The van der Waals surface area contributed by atoms with Crippen molar-refractivity contribution in [2.75, 3.05) is 25.2 Å². The van der Waals surface area contributed by atoms with E-state index < -0.39 is 16.0 Å². The lowest BCUT2D eigenvalue weighted by Gasteiger charge is -2.09. The molecule has 0 unspecified atom stereocenters. The Labute approximate surface area is 123 Å². The van der Waals surface area contributed by atoms with Crippen molar-refractivity contribution in [1.82, 2.24) is 4.72 Å². The van der Waals surface area contributed by atoms with Gasteiger partial charge in [0.2, 0.25) is 10.0 Å². The minimum absolute atomic E-state index is 0.0289. The molecule has 1 N–H and O–H groups in total. The number of hydrogen-bond acceptors (Lipinski definition) is 5. The van der Waals surface area contributed by atoms with Crippen molar-refractivity contribution in [3.8, 4) is 0 Å². The third kappa shape index (κ3) is 4.66. The van der Waals surface area contributed by atoms with Gasteiger partial charge in [0.1, 0.15) is 0 Å². The average Bonchev–Trinajstić information content (AvgIpc) is 2.46. The summed E-state index contributed by atoms with van der Waals surface area (Å²) in [6, 6.07) is 5.96. The van der Waals surface area contributed by atoms with Crippen molar-refractivity contribution < 1.29 is 17.9 Å². The van der Waals surface area contributed by atoms with E-state index in [1.165, 1.54) is 19.2 Å². The molecule has 20 heavy (non-hydrogen) atoms. The van der Waals surface area contributed by atoms with Crippen molar-refractivity contribution >= 4 is 27.8 Å². The molecule has 0 amide bonds. The Morgan fingerprint density at radius 1 is 1.45 bits per heavy atom. The summed E-state index contributed by atoms with van der Waals surface area (Å²) < 4.78 is 31.4. The fraction of sp³-hybridized carbons (Fsp3) is 0.308. The standard InChI is InChI=1S/C13H17NO4S2/c1-3-9-19-10-8-14-20(16,17)12-7-5-4-6-11(12)13(15)18-2/h3-7,14H,1,8-10H2,2H3. The first-order valence-corrected chi connectivity index (χ1v) is 8.52. The van der Waals surface area contributed by atoms with Gasteiger partial charge in [-0.2, -0.15) is 11.8 Å². The van der Waals surface area contributed by atoms with Gasteiger partial charge in [0.05, 0.1) is 17.6 Å². The number of rotatable bonds is 8. The highest BCUT2D eigenvalue weighted by Crippen LogP contribution is 2.16. The van der Waals surface area contributed by atoms with Gasteiger partial charge in [-0.25, -0.2) is 17.9 Å². The lowest BCUT2D eigenvalue weighted by atomic mass is 10.2. The molecule has 0 fully saturated rings. The lowest BCUT2D eigenvalue weighted by molar-refractivity contribution is 0.0596.